The fourth-order valence-corrected chi connectivity index (χ4v) is 2.37. The number of hydrogen-bond acceptors (Lipinski definition) is 3. The van der Waals surface area contributed by atoms with Crippen molar-refractivity contribution in [3.05, 3.63) is 58.1 Å². The summed E-state index contributed by atoms with van der Waals surface area (Å²) in [5.41, 5.74) is 0.657. The van der Waals surface area contributed by atoms with Gasteiger partial charge in [-0.1, -0.05) is 29.3 Å². The molecule has 1 N–H and O–H groups in total. The van der Waals surface area contributed by atoms with Crippen LogP contribution in [0.5, 0.6) is 11.5 Å². The molecule has 2 rings (SSSR count). The SMILES string of the molecule is COc1ccc(Cl)cc1CC(Oc1cccc(Cl)c1)C(=O)O. The third-order valence-corrected chi connectivity index (χ3v) is 3.47. The zero-order valence-electron chi connectivity index (χ0n) is 11.8. The smallest absolute Gasteiger partial charge is 0.345 e. The van der Waals surface area contributed by atoms with E-state index in [-0.39, 0.29) is 6.42 Å². The number of rotatable bonds is 6. The number of carboxylic acid groups (broad SMARTS) is 1. The van der Waals surface area contributed by atoms with Crippen LogP contribution in [0.4, 0.5) is 0 Å². The summed E-state index contributed by atoms with van der Waals surface area (Å²) in [7, 11) is 1.51. The topological polar surface area (TPSA) is 55.8 Å². The maximum atomic E-state index is 11.4. The van der Waals surface area contributed by atoms with Crippen molar-refractivity contribution in [3.63, 3.8) is 0 Å². The summed E-state index contributed by atoms with van der Waals surface area (Å²) >= 11 is 11.8. The van der Waals surface area contributed by atoms with Crippen LogP contribution >= 0.6 is 23.2 Å². The summed E-state index contributed by atoms with van der Waals surface area (Å²) in [6.45, 7) is 0. The van der Waals surface area contributed by atoms with Crippen LogP contribution in [0.1, 0.15) is 5.56 Å². The highest BCUT2D eigenvalue weighted by Gasteiger charge is 2.22. The van der Waals surface area contributed by atoms with Gasteiger partial charge in [0.05, 0.1) is 7.11 Å². The molecular weight excluding hydrogens is 327 g/mol. The summed E-state index contributed by atoms with van der Waals surface area (Å²) in [5.74, 6) is -0.131. The summed E-state index contributed by atoms with van der Waals surface area (Å²) in [6.07, 6.45) is -0.961. The van der Waals surface area contributed by atoms with Gasteiger partial charge in [-0.2, -0.15) is 0 Å². The molecule has 116 valence electrons. The minimum absolute atomic E-state index is 0.117. The predicted octanol–water partition coefficient (Wildman–Crippen LogP) is 4.08. The molecule has 0 amide bonds. The second-order valence-corrected chi connectivity index (χ2v) is 5.44. The van der Waals surface area contributed by atoms with Gasteiger partial charge in [0.25, 0.3) is 0 Å². The van der Waals surface area contributed by atoms with E-state index in [1.54, 1.807) is 42.5 Å². The van der Waals surface area contributed by atoms with Crippen LogP contribution < -0.4 is 9.47 Å². The van der Waals surface area contributed by atoms with E-state index in [1.165, 1.54) is 7.11 Å². The summed E-state index contributed by atoms with van der Waals surface area (Å²) in [5, 5.41) is 10.3. The van der Waals surface area contributed by atoms with Gasteiger partial charge in [0, 0.05) is 16.5 Å². The van der Waals surface area contributed by atoms with Crippen molar-refractivity contribution in [1.82, 2.24) is 0 Å². The second kappa shape index (κ2) is 7.38. The molecule has 0 aromatic heterocycles. The molecule has 0 heterocycles. The standard InChI is InChI=1S/C16H14Cl2O4/c1-21-14-6-5-12(18)7-10(14)8-15(16(19)20)22-13-4-2-3-11(17)9-13/h2-7,9,15H,8H2,1H3,(H,19,20). The summed E-state index contributed by atoms with van der Waals surface area (Å²) < 4.78 is 10.7. The van der Waals surface area contributed by atoms with Crippen LogP contribution in [-0.2, 0) is 11.2 Å². The third-order valence-electron chi connectivity index (χ3n) is 3.00. The van der Waals surface area contributed by atoms with E-state index in [2.05, 4.69) is 0 Å². The lowest BCUT2D eigenvalue weighted by Crippen LogP contribution is -2.29. The average molecular weight is 341 g/mol. The van der Waals surface area contributed by atoms with Gasteiger partial charge < -0.3 is 14.6 Å². The first kappa shape index (κ1) is 16.5. The number of methoxy groups -OCH3 is 1. The van der Waals surface area contributed by atoms with Gasteiger partial charge in [-0.05, 0) is 42.0 Å². The van der Waals surface area contributed by atoms with Crippen molar-refractivity contribution in [1.29, 1.82) is 0 Å². The van der Waals surface area contributed by atoms with Crippen LogP contribution in [0.15, 0.2) is 42.5 Å². The highest BCUT2D eigenvalue weighted by atomic mass is 35.5. The molecule has 0 fully saturated rings. The third kappa shape index (κ3) is 4.29. The number of ether oxygens (including phenoxy) is 2. The second-order valence-electron chi connectivity index (χ2n) is 4.56. The number of aliphatic carboxylic acids is 1. The van der Waals surface area contributed by atoms with E-state index < -0.39 is 12.1 Å². The Hall–Kier alpha value is -1.91. The Morgan fingerprint density at radius 1 is 1.18 bits per heavy atom. The number of benzene rings is 2. The fraction of sp³-hybridized carbons (Fsp3) is 0.188. The summed E-state index contributed by atoms with van der Waals surface area (Å²) in [6, 6.07) is 11.6. The van der Waals surface area contributed by atoms with Gasteiger partial charge in [-0.25, -0.2) is 4.79 Å². The number of carboxylic acids is 1. The first-order valence-corrected chi connectivity index (χ1v) is 7.22. The molecule has 0 spiro atoms. The van der Waals surface area contributed by atoms with Crippen molar-refractivity contribution >= 4 is 29.2 Å². The Labute approximate surface area is 138 Å². The average Bonchev–Trinajstić information content (AvgIpc) is 2.47. The van der Waals surface area contributed by atoms with Crippen molar-refractivity contribution < 1.29 is 19.4 Å². The normalized spacial score (nSPS) is 11.8. The molecule has 22 heavy (non-hydrogen) atoms. The Kier molecular flexibility index (Phi) is 5.52. The number of carbonyl (C=O) groups is 1. The van der Waals surface area contributed by atoms with Gasteiger partial charge in [0.15, 0.2) is 6.10 Å². The van der Waals surface area contributed by atoms with E-state index in [0.717, 1.165) is 0 Å². The van der Waals surface area contributed by atoms with Gasteiger partial charge >= 0.3 is 5.97 Å². The van der Waals surface area contributed by atoms with Crippen LogP contribution in [0.3, 0.4) is 0 Å². The quantitative estimate of drug-likeness (QED) is 0.860. The van der Waals surface area contributed by atoms with Crippen LogP contribution in [0.2, 0.25) is 10.0 Å². The molecule has 0 saturated heterocycles. The van der Waals surface area contributed by atoms with Crippen molar-refractivity contribution in [2.24, 2.45) is 0 Å². The molecule has 2 aromatic rings. The zero-order valence-corrected chi connectivity index (χ0v) is 13.3. The van der Waals surface area contributed by atoms with E-state index >= 15 is 0 Å². The molecule has 0 aliphatic carbocycles. The van der Waals surface area contributed by atoms with E-state index in [9.17, 15) is 9.90 Å². The van der Waals surface area contributed by atoms with Crippen LogP contribution in [0, 0.1) is 0 Å². The monoisotopic (exact) mass is 340 g/mol. The summed E-state index contributed by atoms with van der Waals surface area (Å²) in [4.78, 5) is 11.4. The predicted molar refractivity (Wildman–Crippen MR) is 85.2 cm³/mol. The number of halogens is 2. The Morgan fingerprint density at radius 2 is 1.91 bits per heavy atom. The van der Waals surface area contributed by atoms with Gasteiger partial charge in [0.1, 0.15) is 11.5 Å². The molecule has 0 aliphatic heterocycles. The molecule has 0 bridgehead atoms. The van der Waals surface area contributed by atoms with E-state index in [1.807, 2.05) is 0 Å². The molecule has 2 aromatic carbocycles. The van der Waals surface area contributed by atoms with Crippen molar-refractivity contribution in [2.75, 3.05) is 7.11 Å². The first-order valence-electron chi connectivity index (χ1n) is 6.47. The highest BCUT2D eigenvalue weighted by molar-refractivity contribution is 6.31. The Bertz CT molecular complexity index is 673. The maximum Gasteiger partial charge on any atom is 0.345 e. The largest absolute Gasteiger partial charge is 0.496 e. The minimum atomic E-state index is -1.08. The van der Waals surface area contributed by atoms with Gasteiger partial charge in [-0.3, -0.25) is 0 Å². The molecule has 4 nitrogen and oxygen atoms in total. The lowest BCUT2D eigenvalue weighted by atomic mass is 10.1. The van der Waals surface area contributed by atoms with Crippen LogP contribution in [-0.4, -0.2) is 24.3 Å². The maximum absolute atomic E-state index is 11.4. The molecular formula is C16H14Cl2O4. The molecule has 6 heteroatoms. The van der Waals surface area contributed by atoms with Crippen molar-refractivity contribution in [2.45, 2.75) is 12.5 Å². The van der Waals surface area contributed by atoms with Gasteiger partial charge in [0.2, 0.25) is 0 Å². The molecule has 1 unspecified atom stereocenters. The Balaban J connectivity index is 2.22. The molecule has 0 saturated carbocycles. The van der Waals surface area contributed by atoms with E-state index in [0.29, 0.717) is 27.1 Å². The van der Waals surface area contributed by atoms with Crippen molar-refractivity contribution in [3.8, 4) is 11.5 Å². The number of hydrogen-bond donors (Lipinski definition) is 1. The Morgan fingerprint density at radius 3 is 2.55 bits per heavy atom. The lowest BCUT2D eigenvalue weighted by Gasteiger charge is -2.17. The van der Waals surface area contributed by atoms with Gasteiger partial charge in [-0.15, -0.1) is 0 Å². The zero-order chi connectivity index (χ0) is 16.1. The first-order chi connectivity index (χ1) is 10.5. The van der Waals surface area contributed by atoms with Crippen LogP contribution in [0.25, 0.3) is 0 Å². The molecule has 0 radical (unpaired) electrons. The highest BCUT2D eigenvalue weighted by Crippen LogP contribution is 2.26. The van der Waals surface area contributed by atoms with E-state index in [4.69, 9.17) is 32.7 Å². The molecule has 0 aliphatic rings. The minimum Gasteiger partial charge on any atom is -0.496 e. The fourth-order valence-electron chi connectivity index (χ4n) is 1.99. The lowest BCUT2D eigenvalue weighted by molar-refractivity contribution is -0.145. The molecule has 1 atom stereocenters.